The second kappa shape index (κ2) is 9.06. The first-order valence-corrected chi connectivity index (χ1v) is 13.2. The Hall–Kier alpha value is -3.44. The molecule has 2 aliphatic rings. The summed E-state index contributed by atoms with van der Waals surface area (Å²) in [6, 6.07) is 8.57. The van der Waals surface area contributed by atoms with Gasteiger partial charge in [0, 0.05) is 43.1 Å². The first-order chi connectivity index (χ1) is 18.5. The van der Waals surface area contributed by atoms with E-state index in [-0.39, 0.29) is 10.9 Å². The van der Waals surface area contributed by atoms with Crippen molar-refractivity contribution in [2.24, 2.45) is 7.05 Å². The Labute approximate surface area is 223 Å². The Balaban J connectivity index is 1.44. The van der Waals surface area contributed by atoms with Crippen LogP contribution in [0.15, 0.2) is 47.7 Å². The first-order valence-electron chi connectivity index (χ1n) is 13.2. The van der Waals surface area contributed by atoms with Gasteiger partial charge in [-0.25, -0.2) is 0 Å². The zero-order chi connectivity index (χ0) is 27.6. The van der Waals surface area contributed by atoms with Crippen molar-refractivity contribution in [3.8, 4) is 5.69 Å². The first kappa shape index (κ1) is 25.8. The Morgan fingerprint density at radius 1 is 1.15 bits per heavy atom. The predicted octanol–water partition coefficient (Wildman–Crippen LogP) is 4.28. The van der Waals surface area contributed by atoms with Gasteiger partial charge < -0.3 is 14.7 Å². The van der Waals surface area contributed by atoms with Gasteiger partial charge in [0.25, 0.3) is 5.56 Å². The number of alkyl halides is 3. The van der Waals surface area contributed by atoms with E-state index < -0.39 is 28.3 Å². The Bertz CT molecular complexity index is 1590. The maximum absolute atomic E-state index is 14.3. The summed E-state index contributed by atoms with van der Waals surface area (Å²) in [4.78, 5) is 18.6. The van der Waals surface area contributed by atoms with Crippen molar-refractivity contribution in [2.45, 2.75) is 62.8 Å². The van der Waals surface area contributed by atoms with Crippen LogP contribution in [0, 0.1) is 0 Å². The number of nitrogens with one attached hydrogen (secondary N) is 1. The van der Waals surface area contributed by atoms with E-state index in [1.807, 2.05) is 22.6 Å². The fraction of sp³-hybridized carbons (Fsp3) is 0.464. The zero-order valence-corrected chi connectivity index (χ0v) is 21.9. The van der Waals surface area contributed by atoms with Crippen molar-refractivity contribution in [1.29, 1.82) is 0 Å². The van der Waals surface area contributed by atoms with Gasteiger partial charge in [0.2, 0.25) is 0 Å². The number of H-pyrrole nitrogens is 1. The molecule has 2 fully saturated rings. The predicted molar refractivity (Wildman–Crippen MR) is 140 cm³/mol. The molecule has 3 aromatic heterocycles. The third-order valence-electron chi connectivity index (χ3n) is 8.33. The molecule has 0 bridgehead atoms. The summed E-state index contributed by atoms with van der Waals surface area (Å²) in [5.41, 5.74) is -0.975. The molecule has 11 heteroatoms. The van der Waals surface area contributed by atoms with Crippen LogP contribution in [0.3, 0.4) is 0 Å². The van der Waals surface area contributed by atoms with Crippen LogP contribution in [0.4, 0.5) is 13.2 Å². The Kier molecular flexibility index (Phi) is 5.99. The van der Waals surface area contributed by atoms with Crippen LogP contribution in [0.25, 0.3) is 16.6 Å². The molecule has 6 rings (SSSR count). The summed E-state index contributed by atoms with van der Waals surface area (Å²) in [6.07, 6.45) is 2.04. The highest BCUT2D eigenvalue weighted by Crippen LogP contribution is 2.48. The van der Waals surface area contributed by atoms with Gasteiger partial charge in [-0.05, 0) is 62.9 Å². The number of piperidine rings is 1. The van der Waals surface area contributed by atoms with Gasteiger partial charge in [-0.3, -0.25) is 14.3 Å². The van der Waals surface area contributed by atoms with Gasteiger partial charge in [0.05, 0.1) is 16.6 Å². The van der Waals surface area contributed by atoms with Crippen LogP contribution >= 0.6 is 0 Å². The summed E-state index contributed by atoms with van der Waals surface area (Å²) in [7, 11) is 1.88. The van der Waals surface area contributed by atoms with Crippen molar-refractivity contribution < 1.29 is 18.3 Å². The summed E-state index contributed by atoms with van der Waals surface area (Å²) in [5, 5.41) is 18.6. The maximum Gasteiger partial charge on any atom is 0.418 e. The molecule has 1 aliphatic heterocycles. The molecule has 4 heterocycles. The lowest BCUT2D eigenvalue weighted by molar-refractivity contribution is -0.136. The molecule has 0 amide bonds. The molecule has 0 spiro atoms. The van der Waals surface area contributed by atoms with Gasteiger partial charge in [-0.15, -0.1) is 10.2 Å². The third kappa shape index (κ3) is 4.47. The van der Waals surface area contributed by atoms with Crippen molar-refractivity contribution in [3.05, 3.63) is 75.9 Å². The molecule has 4 aromatic rings. The number of likely N-dealkylation sites (tertiary alicyclic amines) is 1. The number of aryl methyl sites for hydroxylation is 1. The fourth-order valence-electron chi connectivity index (χ4n) is 6.31. The number of fused-ring (bicyclic) bond motifs is 1. The third-order valence-corrected chi connectivity index (χ3v) is 8.33. The van der Waals surface area contributed by atoms with Crippen LogP contribution < -0.4 is 5.56 Å². The topological polar surface area (TPSA) is 92.0 Å². The van der Waals surface area contributed by atoms with Gasteiger partial charge in [-0.1, -0.05) is 18.6 Å². The maximum atomic E-state index is 14.3. The largest absolute Gasteiger partial charge is 0.418 e. The number of hydrogen-bond donors (Lipinski definition) is 2. The van der Waals surface area contributed by atoms with E-state index in [1.165, 1.54) is 6.07 Å². The average Bonchev–Trinajstić information content (AvgIpc) is 3.44. The normalized spacial score (nSPS) is 21.8. The zero-order valence-electron chi connectivity index (χ0n) is 21.9. The second-order valence-electron chi connectivity index (χ2n) is 11.4. The number of aliphatic hydroxyl groups is 1. The average molecular weight is 541 g/mol. The number of pyridine rings is 1. The lowest BCUT2D eigenvalue weighted by atomic mass is 9.63. The fourth-order valence-corrected chi connectivity index (χ4v) is 6.31. The summed E-state index contributed by atoms with van der Waals surface area (Å²) < 4.78 is 45.8. The van der Waals surface area contributed by atoms with Crippen LogP contribution in [0.5, 0.6) is 0 Å². The van der Waals surface area contributed by atoms with E-state index in [9.17, 15) is 23.1 Å². The summed E-state index contributed by atoms with van der Waals surface area (Å²) >= 11 is 0. The van der Waals surface area contributed by atoms with Crippen molar-refractivity contribution in [2.75, 3.05) is 13.1 Å². The number of halogens is 3. The van der Waals surface area contributed by atoms with Crippen LogP contribution in [0.2, 0.25) is 0 Å². The Morgan fingerprint density at radius 3 is 2.59 bits per heavy atom. The van der Waals surface area contributed by atoms with Crippen molar-refractivity contribution >= 4 is 10.9 Å². The molecule has 0 unspecified atom stereocenters. The van der Waals surface area contributed by atoms with Crippen molar-refractivity contribution in [3.63, 3.8) is 0 Å². The van der Waals surface area contributed by atoms with Gasteiger partial charge in [-0.2, -0.15) is 13.2 Å². The molecule has 1 atom stereocenters. The minimum atomic E-state index is -4.66. The minimum Gasteiger partial charge on any atom is -0.389 e. The summed E-state index contributed by atoms with van der Waals surface area (Å²) in [6.45, 7) is 3.22. The SMILES string of the molecule is Cn1cnnc1C1(c2cccc(-n3cc(C(F)(F)F)c4cc(CN5CCC[C@](C)(O)C5)[nH]c4c3=O)c2)CCC1. The van der Waals surface area contributed by atoms with Crippen LogP contribution in [-0.2, 0) is 25.2 Å². The van der Waals surface area contributed by atoms with Gasteiger partial charge >= 0.3 is 6.18 Å². The molecular weight excluding hydrogens is 509 g/mol. The van der Waals surface area contributed by atoms with Crippen LogP contribution in [0.1, 0.15) is 61.7 Å². The van der Waals surface area contributed by atoms with E-state index in [2.05, 4.69) is 15.2 Å². The quantitative estimate of drug-likeness (QED) is 0.394. The highest BCUT2D eigenvalue weighted by Gasteiger charge is 2.44. The molecule has 39 heavy (non-hydrogen) atoms. The standard InChI is InChI=1S/C28H31F3N6O2/c1-26(39)8-5-11-36(16-26)14-19-13-21-22(28(29,30)31)15-37(24(38)23(21)33-19)20-7-3-6-18(12-20)27(9-4-10-27)25-34-32-17-35(25)2/h3,6-7,12-13,15,17,33,39H,4-5,8-11,14,16H2,1-2H3/t26-/m0/s1. The highest BCUT2D eigenvalue weighted by atomic mass is 19.4. The molecular formula is C28H31F3N6O2. The lowest BCUT2D eigenvalue weighted by Crippen LogP contribution is -2.45. The van der Waals surface area contributed by atoms with E-state index in [0.717, 1.165) is 54.4 Å². The molecule has 2 N–H and O–H groups in total. The number of aromatic amines is 1. The molecule has 1 saturated heterocycles. The smallest absolute Gasteiger partial charge is 0.389 e. The molecule has 1 aromatic carbocycles. The number of rotatable bonds is 5. The second-order valence-corrected chi connectivity index (χ2v) is 11.4. The molecule has 8 nitrogen and oxygen atoms in total. The minimum absolute atomic E-state index is 0.0827. The number of benzene rings is 1. The highest BCUT2D eigenvalue weighted by molar-refractivity contribution is 5.84. The number of hydrogen-bond acceptors (Lipinski definition) is 5. The number of nitrogens with zero attached hydrogens (tertiary/aromatic N) is 5. The molecule has 1 saturated carbocycles. The lowest BCUT2D eigenvalue weighted by Gasteiger charge is -2.41. The van der Waals surface area contributed by atoms with E-state index in [0.29, 0.717) is 30.9 Å². The van der Waals surface area contributed by atoms with Crippen LogP contribution in [-0.4, -0.2) is 53.0 Å². The molecule has 0 radical (unpaired) electrons. The van der Waals surface area contributed by atoms with Crippen molar-refractivity contribution in [1.82, 2.24) is 29.2 Å². The number of β-amino-alcohol motifs (C(OH)–C–C–N with tert-alkyl or cyclic N) is 1. The monoisotopic (exact) mass is 540 g/mol. The Morgan fingerprint density at radius 2 is 1.95 bits per heavy atom. The summed E-state index contributed by atoms with van der Waals surface area (Å²) in [5.74, 6) is 0.801. The van der Waals surface area contributed by atoms with E-state index in [1.54, 1.807) is 31.5 Å². The van der Waals surface area contributed by atoms with Gasteiger partial charge in [0.15, 0.2) is 0 Å². The van der Waals surface area contributed by atoms with Gasteiger partial charge in [0.1, 0.15) is 17.7 Å². The molecule has 206 valence electrons. The number of aromatic nitrogens is 5. The molecule has 1 aliphatic carbocycles. The van der Waals surface area contributed by atoms with E-state index >= 15 is 0 Å². The van der Waals surface area contributed by atoms with E-state index in [4.69, 9.17) is 0 Å².